The summed E-state index contributed by atoms with van der Waals surface area (Å²) in [4.78, 5) is 0. The summed E-state index contributed by atoms with van der Waals surface area (Å²) in [7, 11) is 0. The second-order valence-corrected chi connectivity index (χ2v) is 4.06. The van der Waals surface area contributed by atoms with Crippen molar-refractivity contribution in [3.8, 4) is 0 Å². The quantitative estimate of drug-likeness (QED) is 0.775. The highest BCUT2D eigenvalue weighted by atomic mass is 19.1. The third-order valence-corrected chi connectivity index (χ3v) is 2.62. The molecule has 0 aliphatic carbocycles. The number of hydrogen-bond donors (Lipinski definition) is 0. The third kappa shape index (κ3) is 3.40. The lowest BCUT2D eigenvalue weighted by Crippen LogP contribution is -1.95. The molecule has 17 heavy (non-hydrogen) atoms. The molecule has 1 nitrogen and oxygen atoms in total. The van der Waals surface area contributed by atoms with Gasteiger partial charge in [0.05, 0.1) is 13.2 Å². The summed E-state index contributed by atoms with van der Waals surface area (Å²) in [5, 5.41) is 0. The Labute approximate surface area is 101 Å². The molecule has 0 spiro atoms. The fourth-order valence-electron chi connectivity index (χ4n) is 1.59. The molecule has 2 aromatic carbocycles. The number of halogens is 1. The Bertz CT molecular complexity index is 480. The van der Waals surface area contributed by atoms with Crippen molar-refractivity contribution < 1.29 is 9.13 Å². The summed E-state index contributed by atoms with van der Waals surface area (Å²) in [6, 6.07) is 15.1. The maximum Gasteiger partial charge on any atom is 0.126 e. The largest absolute Gasteiger partial charge is 0.372 e. The lowest BCUT2D eigenvalue weighted by atomic mass is 10.1. The number of benzene rings is 2. The van der Waals surface area contributed by atoms with E-state index < -0.39 is 0 Å². The molecule has 2 heteroatoms. The Hall–Kier alpha value is -1.67. The summed E-state index contributed by atoms with van der Waals surface area (Å²) >= 11 is 0. The van der Waals surface area contributed by atoms with Crippen LogP contribution in [0.1, 0.15) is 16.7 Å². The van der Waals surface area contributed by atoms with E-state index in [1.165, 1.54) is 6.07 Å². The lowest BCUT2D eigenvalue weighted by molar-refractivity contribution is 0.107. The molecule has 0 saturated carbocycles. The average molecular weight is 230 g/mol. The molecule has 0 saturated heterocycles. The van der Waals surface area contributed by atoms with Crippen LogP contribution in [0, 0.1) is 12.7 Å². The van der Waals surface area contributed by atoms with Gasteiger partial charge in [0.15, 0.2) is 0 Å². The van der Waals surface area contributed by atoms with Crippen LogP contribution in [-0.2, 0) is 18.0 Å². The number of ether oxygens (including phenoxy) is 1. The van der Waals surface area contributed by atoms with Crippen LogP contribution >= 0.6 is 0 Å². The van der Waals surface area contributed by atoms with Crippen molar-refractivity contribution in [1.82, 2.24) is 0 Å². The Kier molecular flexibility index (Phi) is 3.89. The molecule has 0 amide bonds. The van der Waals surface area contributed by atoms with Gasteiger partial charge >= 0.3 is 0 Å². The number of hydrogen-bond acceptors (Lipinski definition) is 1. The van der Waals surface area contributed by atoms with Gasteiger partial charge in [0.2, 0.25) is 0 Å². The highest BCUT2D eigenvalue weighted by molar-refractivity contribution is 5.22. The van der Waals surface area contributed by atoms with E-state index in [1.807, 2.05) is 36.4 Å². The zero-order valence-electron chi connectivity index (χ0n) is 9.82. The van der Waals surface area contributed by atoms with Crippen molar-refractivity contribution in [2.24, 2.45) is 0 Å². The highest BCUT2D eigenvalue weighted by Gasteiger charge is 1.99. The molecule has 0 heterocycles. The minimum Gasteiger partial charge on any atom is -0.372 e. The van der Waals surface area contributed by atoms with Gasteiger partial charge in [-0.2, -0.15) is 0 Å². The van der Waals surface area contributed by atoms with Crippen LogP contribution in [0.4, 0.5) is 4.39 Å². The van der Waals surface area contributed by atoms with Crippen LogP contribution in [0.3, 0.4) is 0 Å². The van der Waals surface area contributed by atoms with Gasteiger partial charge in [-0.15, -0.1) is 0 Å². The monoisotopic (exact) mass is 230 g/mol. The second kappa shape index (κ2) is 5.60. The Balaban J connectivity index is 1.88. The molecule has 88 valence electrons. The molecular weight excluding hydrogens is 215 g/mol. The molecule has 2 rings (SSSR count). The zero-order valence-corrected chi connectivity index (χ0v) is 9.82. The van der Waals surface area contributed by atoms with Crippen LogP contribution in [-0.4, -0.2) is 0 Å². The van der Waals surface area contributed by atoms with E-state index >= 15 is 0 Å². The molecule has 2 aromatic rings. The van der Waals surface area contributed by atoms with Crippen LogP contribution in [0.2, 0.25) is 0 Å². The first kappa shape index (κ1) is 11.8. The Morgan fingerprint density at radius 2 is 1.65 bits per heavy atom. The predicted octanol–water partition coefficient (Wildman–Crippen LogP) is 3.85. The van der Waals surface area contributed by atoms with Gasteiger partial charge in [-0.3, -0.25) is 0 Å². The van der Waals surface area contributed by atoms with E-state index in [0.29, 0.717) is 18.8 Å². The van der Waals surface area contributed by atoms with Gasteiger partial charge in [0.25, 0.3) is 0 Å². The Morgan fingerprint density at radius 3 is 2.35 bits per heavy atom. The maximum absolute atomic E-state index is 13.3. The number of aryl methyl sites for hydroxylation is 1. The smallest absolute Gasteiger partial charge is 0.126 e. The normalized spacial score (nSPS) is 10.5. The van der Waals surface area contributed by atoms with Gasteiger partial charge < -0.3 is 4.74 Å². The SMILES string of the molecule is Cc1ccc(COCc2ccccc2)cc1F. The van der Waals surface area contributed by atoms with E-state index in [-0.39, 0.29) is 5.82 Å². The van der Waals surface area contributed by atoms with Crippen molar-refractivity contribution in [1.29, 1.82) is 0 Å². The van der Waals surface area contributed by atoms with E-state index in [1.54, 1.807) is 13.0 Å². The van der Waals surface area contributed by atoms with Crippen LogP contribution in [0.25, 0.3) is 0 Å². The van der Waals surface area contributed by atoms with Crippen molar-refractivity contribution in [2.75, 3.05) is 0 Å². The van der Waals surface area contributed by atoms with Crippen molar-refractivity contribution in [3.05, 3.63) is 71.0 Å². The van der Waals surface area contributed by atoms with Crippen molar-refractivity contribution >= 4 is 0 Å². The topological polar surface area (TPSA) is 9.23 Å². The van der Waals surface area contributed by atoms with Gasteiger partial charge in [0, 0.05) is 0 Å². The molecule has 0 unspecified atom stereocenters. The van der Waals surface area contributed by atoms with Crippen molar-refractivity contribution in [3.63, 3.8) is 0 Å². The van der Waals surface area contributed by atoms with Gasteiger partial charge in [0.1, 0.15) is 5.82 Å². The van der Waals surface area contributed by atoms with E-state index in [0.717, 1.165) is 11.1 Å². The standard InChI is InChI=1S/C15H15FO/c1-12-7-8-14(9-15(12)16)11-17-10-13-5-3-2-4-6-13/h2-9H,10-11H2,1H3. The van der Waals surface area contributed by atoms with Gasteiger partial charge in [-0.1, -0.05) is 42.5 Å². The average Bonchev–Trinajstić information content (AvgIpc) is 2.35. The minimum atomic E-state index is -0.175. The fourth-order valence-corrected chi connectivity index (χ4v) is 1.59. The molecule has 0 radical (unpaired) electrons. The summed E-state index contributed by atoms with van der Waals surface area (Å²) < 4.78 is 18.8. The van der Waals surface area contributed by atoms with Gasteiger partial charge in [-0.05, 0) is 29.7 Å². The molecule has 0 aliphatic heterocycles. The summed E-state index contributed by atoms with van der Waals surface area (Å²) in [6.45, 7) is 2.74. The first-order valence-corrected chi connectivity index (χ1v) is 5.62. The molecule has 0 fully saturated rings. The zero-order chi connectivity index (χ0) is 12.1. The predicted molar refractivity (Wildman–Crippen MR) is 66.1 cm³/mol. The molecule has 0 aromatic heterocycles. The summed E-state index contributed by atoms with van der Waals surface area (Å²) in [5.41, 5.74) is 2.65. The minimum absolute atomic E-state index is 0.175. The second-order valence-electron chi connectivity index (χ2n) is 4.06. The van der Waals surface area contributed by atoms with Crippen LogP contribution < -0.4 is 0 Å². The molecular formula is C15H15FO. The van der Waals surface area contributed by atoms with E-state index in [2.05, 4.69) is 0 Å². The van der Waals surface area contributed by atoms with E-state index in [4.69, 9.17) is 4.74 Å². The van der Waals surface area contributed by atoms with Crippen LogP contribution in [0.5, 0.6) is 0 Å². The fraction of sp³-hybridized carbons (Fsp3) is 0.200. The molecule has 0 N–H and O–H groups in total. The van der Waals surface area contributed by atoms with E-state index in [9.17, 15) is 4.39 Å². The summed E-state index contributed by atoms with van der Waals surface area (Å²) in [6.07, 6.45) is 0. The lowest BCUT2D eigenvalue weighted by Gasteiger charge is -2.05. The molecule has 0 bridgehead atoms. The Morgan fingerprint density at radius 1 is 0.941 bits per heavy atom. The number of rotatable bonds is 4. The van der Waals surface area contributed by atoms with Crippen molar-refractivity contribution in [2.45, 2.75) is 20.1 Å². The molecule has 0 aliphatic rings. The summed E-state index contributed by atoms with van der Waals surface area (Å²) in [5.74, 6) is -0.175. The van der Waals surface area contributed by atoms with Gasteiger partial charge in [-0.25, -0.2) is 4.39 Å². The first-order chi connectivity index (χ1) is 8.25. The first-order valence-electron chi connectivity index (χ1n) is 5.62. The molecule has 0 atom stereocenters. The van der Waals surface area contributed by atoms with Crippen LogP contribution in [0.15, 0.2) is 48.5 Å². The third-order valence-electron chi connectivity index (χ3n) is 2.62. The highest BCUT2D eigenvalue weighted by Crippen LogP contribution is 2.11. The maximum atomic E-state index is 13.3.